The van der Waals surface area contributed by atoms with Gasteiger partial charge in [0.1, 0.15) is 0 Å². The molecule has 20 heavy (non-hydrogen) atoms. The number of rotatable bonds is 4. The van der Waals surface area contributed by atoms with E-state index in [2.05, 4.69) is 0 Å². The van der Waals surface area contributed by atoms with Gasteiger partial charge in [-0.15, -0.1) is 0 Å². The van der Waals surface area contributed by atoms with E-state index >= 15 is 0 Å². The molecule has 5 nitrogen and oxygen atoms in total. The largest absolute Gasteiger partial charge is 0.481 e. The van der Waals surface area contributed by atoms with E-state index in [9.17, 15) is 13.2 Å². The third-order valence-electron chi connectivity index (χ3n) is 3.79. The Balaban J connectivity index is 2.29. The fourth-order valence-electron chi connectivity index (χ4n) is 2.67. The summed E-state index contributed by atoms with van der Waals surface area (Å²) < 4.78 is 24.1. The number of carboxylic acids is 1. The fraction of sp³-hybridized carbons (Fsp3) is 0.500. The second-order valence-electron chi connectivity index (χ2n) is 5.34. The van der Waals surface area contributed by atoms with E-state index in [4.69, 9.17) is 5.11 Å². The summed E-state index contributed by atoms with van der Waals surface area (Å²) in [6.07, 6.45) is 0.502. The van der Waals surface area contributed by atoms with Gasteiger partial charge < -0.3 is 5.11 Å². The molecular weight excluding hydrogens is 278 g/mol. The maximum absolute atomic E-state index is 12.1. The zero-order valence-corrected chi connectivity index (χ0v) is 12.4. The molecule has 0 aromatic heterocycles. The topological polar surface area (TPSA) is 74.7 Å². The normalized spacial score (nSPS) is 22.2. The SMILES string of the molecule is CC(CN(C)C1CCS(=O)(=O)c2ccccc21)C(=O)O. The minimum absolute atomic E-state index is 0.0449. The minimum atomic E-state index is -3.20. The molecule has 2 rings (SSSR count). The summed E-state index contributed by atoms with van der Waals surface area (Å²) in [5.74, 6) is -1.21. The van der Waals surface area contributed by atoms with E-state index in [0.29, 0.717) is 17.9 Å². The Morgan fingerprint density at radius 3 is 2.75 bits per heavy atom. The van der Waals surface area contributed by atoms with Crippen molar-refractivity contribution in [2.45, 2.75) is 24.3 Å². The molecule has 0 saturated heterocycles. The van der Waals surface area contributed by atoms with Crippen LogP contribution in [0.4, 0.5) is 0 Å². The second kappa shape index (κ2) is 5.54. The molecule has 0 amide bonds. The Morgan fingerprint density at radius 1 is 1.45 bits per heavy atom. The van der Waals surface area contributed by atoms with Crippen LogP contribution in [0.15, 0.2) is 29.2 Å². The van der Waals surface area contributed by atoms with Gasteiger partial charge in [0.15, 0.2) is 9.84 Å². The van der Waals surface area contributed by atoms with Crippen molar-refractivity contribution in [2.24, 2.45) is 5.92 Å². The summed E-state index contributed by atoms with van der Waals surface area (Å²) in [6, 6.07) is 6.94. The van der Waals surface area contributed by atoms with Crippen LogP contribution in [-0.2, 0) is 14.6 Å². The molecule has 0 bridgehead atoms. The van der Waals surface area contributed by atoms with Gasteiger partial charge in [-0.05, 0) is 25.1 Å². The molecule has 2 atom stereocenters. The molecule has 1 N–H and O–H groups in total. The maximum Gasteiger partial charge on any atom is 0.307 e. The first kappa shape index (κ1) is 15.0. The smallest absolute Gasteiger partial charge is 0.307 e. The number of aliphatic carboxylic acids is 1. The molecular formula is C14H19NO4S. The number of benzene rings is 1. The molecule has 110 valence electrons. The van der Waals surface area contributed by atoms with Crippen LogP contribution >= 0.6 is 0 Å². The molecule has 0 radical (unpaired) electrons. The Labute approximate surface area is 119 Å². The van der Waals surface area contributed by atoms with Crippen LogP contribution in [0.1, 0.15) is 24.9 Å². The first-order chi connectivity index (χ1) is 9.33. The van der Waals surface area contributed by atoms with Crippen molar-refractivity contribution in [3.63, 3.8) is 0 Å². The van der Waals surface area contributed by atoms with Crippen LogP contribution in [0.2, 0.25) is 0 Å². The van der Waals surface area contributed by atoms with Crippen LogP contribution in [0, 0.1) is 5.92 Å². The van der Waals surface area contributed by atoms with Crippen molar-refractivity contribution in [2.75, 3.05) is 19.3 Å². The average molecular weight is 297 g/mol. The van der Waals surface area contributed by atoms with Gasteiger partial charge in [-0.2, -0.15) is 0 Å². The van der Waals surface area contributed by atoms with Crippen molar-refractivity contribution >= 4 is 15.8 Å². The first-order valence-corrected chi connectivity index (χ1v) is 8.23. The van der Waals surface area contributed by atoms with Gasteiger partial charge in [-0.25, -0.2) is 8.42 Å². The standard InChI is InChI=1S/C14H19NO4S/c1-10(14(16)17)9-15(2)12-7-8-20(18,19)13-6-4-3-5-11(12)13/h3-6,10,12H,7-9H2,1-2H3,(H,16,17). The molecule has 0 fully saturated rings. The summed E-state index contributed by atoms with van der Waals surface area (Å²) in [4.78, 5) is 13.3. The zero-order chi connectivity index (χ0) is 14.9. The number of carboxylic acid groups (broad SMARTS) is 1. The van der Waals surface area contributed by atoms with Crippen molar-refractivity contribution < 1.29 is 18.3 Å². The highest BCUT2D eigenvalue weighted by Gasteiger charge is 2.32. The number of hydrogen-bond donors (Lipinski definition) is 1. The van der Waals surface area contributed by atoms with E-state index in [1.165, 1.54) is 0 Å². The number of hydrogen-bond acceptors (Lipinski definition) is 4. The summed E-state index contributed by atoms with van der Waals surface area (Å²) in [5, 5.41) is 8.99. The highest BCUT2D eigenvalue weighted by Crippen LogP contribution is 2.35. The van der Waals surface area contributed by atoms with Crippen LogP contribution in [0.25, 0.3) is 0 Å². The van der Waals surface area contributed by atoms with Crippen LogP contribution in [-0.4, -0.2) is 43.7 Å². The average Bonchev–Trinajstić information content (AvgIpc) is 2.38. The maximum atomic E-state index is 12.1. The Bertz CT molecular complexity index is 611. The molecule has 1 aromatic carbocycles. The predicted octanol–water partition coefficient (Wildman–Crippen LogP) is 1.56. The van der Waals surface area contributed by atoms with Crippen LogP contribution in [0.3, 0.4) is 0 Å². The van der Waals surface area contributed by atoms with Gasteiger partial charge in [0, 0.05) is 12.6 Å². The van der Waals surface area contributed by atoms with Gasteiger partial charge in [0.05, 0.1) is 16.6 Å². The highest BCUT2D eigenvalue weighted by atomic mass is 32.2. The summed E-state index contributed by atoms with van der Waals surface area (Å²) >= 11 is 0. The van der Waals surface area contributed by atoms with E-state index in [1.54, 1.807) is 19.1 Å². The van der Waals surface area contributed by atoms with E-state index < -0.39 is 21.7 Å². The van der Waals surface area contributed by atoms with Gasteiger partial charge >= 0.3 is 5.97 Å². The van der Waals surface area contributed by atoms with Gasteiger partial charge in [0.2, 0.25) is 0 Å². The molecule has 1 heterocycles. The zero-order valence-electron chi connectivity index (χ0n) is 11.6. The number of sulfone groups is 1. The Kier molecular flexibility index (Phi) is 4.15. The van der Waals surface area contributed by atoms with Crippen molar-refractivity contribution in [1.82, 2.24) is 4.90 Å². The van der Waals surface area contributed by atoms with E-state index in [1.807, 2.05) is 24.1 Å². The molecule has 1 aromatic rings. The highest BCUT2D eigenvalue weighted by molar-refractivity contribution is 7.91. The monoisotopic (exact) mass is 297 g/mol. The quantitative estimate of drug-likeness (QED) is 0.913. The molecule has 2 unspecified atom stereocenters. The van der Waals surface area contributed by atoms with Crippen molar-refractivity contribution in [3.05, 3.63) is 29.8 Å². The summed E-state index contributed by atoms with van der Waals surface area (Å²) in [5.41, 5.74) is 0.777. The molecule has 1 aliphatic rings. The van der Waals surface area contributed by atoms with Gasteiger partial charge in [-0.1, -0.05) is 25.1 Å². The second-order valence-corrected chi connectivity index (χ2v) is 7.42. The summed E-state index contributed by atoms with van der Waals surface area (Å²) in [6.45, 7) is 2.05. The molecule has 6 heteroatoms. The van der Waals surface area contributed by atoms with Gasteiger partial charge in [0.25, 0.3) is 0 Å². The lowest BCUT2D eigenvalue weighted by Gasteiger charge is -2.33. The van der Waals surface area contributed by atoms with Crippen LogP contribution < -0.4 is 0 Å². The molecule has 0 saturated carbocycles. The first-order valence-electron chi connectivity index (χ1n) is 6.57. The fourth-order valence-corrected chi connectivity index (χ4v) is 4.27. The lowest BCUT2D eigenvalue weighted by atomic mass is 10.0. The molecule has 0 spiro atoms. The van der Waals surface area contributed by atoms with Crippen LogP contribution in [0.5, 0.6) is 0 Å². The predicted molar refractivity (Wildman–Crippen MR) is 75.3 cm³/mol. The lowest BCUT2D eigenvalue weighted by Crippen LogP contribution is -2.35. The lowest BCUT2D eigenvalue weighted by molar-refractivity contribution is -0.141. The third kappa shape index (κ3) is 2.86. The van der Waals surface area contributed by atoms with E-state index in [0.717, 1.165) is 5.56 Å². The third-order valence-corrected chi connectivity index (χ3v) is 5.60. The van der Waals surface area contributed by atoms with Gasteiger partial charge in [-0.3, -0.25) is 9.69 Å². The number of fused-ring (bicyclic) bond motifs is 1. The van der Waals surface area contributed by atoms with E-state index in [-0.39, 0.29) is 11.8 Å². The number of nitrogens with zero attached hydrogens (tertiary/aromatic N) is 1. The molecule has 1 aliphatic heterocycles. The minimum Gasteiger partial charge on any atom is -0.481 e. The van der Waals surface area contributed by atoms with Crippen molar-refractivity contribution in [1.29, 1.82) is 0 Å². The van der Waals surface area contributed by atoms with Crippen molar-refractivity contribution in [3.8, 4) is 0 Å². The summed E-state index contributed by atoms with van der Waals surface area (Å²) in [7, 11) is -1.35. The Morgan fingerprint density at radius 2 is 2.10 bits per heavy atom. The molecule has 0 aliphatic carbocycles. The Hall–Kier alpha value is -1.40. The number of carbonyl (C=O) groups is 1.